The Kier molecular flexibility index (Phi) is 3.27. The molecule has 1 amide bonds. The van der Waals surface area contributed by atoms with Crippen molar-refractivity contribution in [2.75, 3.05) is 13.2 Å². The normalized spacial score (nSPS) is 30.1. The molecule has 2 atom stereocenters. The van der Waals surface area contributed by atoms with Gasteiger partial charge in [0, 0.05) is 13.2 Å². The van der Waals surface area contributed by atoms with Crippen molar-refractivity contribution in [1.29, 1.82) is 0 Å². The molecule has 1 rings (SSSR count). The van der Waals surface area contributed by atoms with Gasteiger partial charge in [0.1, 0.15) is 5.60 Å². The Morgan fingerprint density at radius 3 is 2.92 bits per heavy atom. The first kappa shape index (κ1) is 10.5. The highest BCUT2D eigenvalue weighted by Gasteiger charge is 2.37. The van der Waals surface area contributed by atoms with Crippen LogP contribution < -0.4 is 5.32 Å². The molecule has 0 bridgehead atoms. The summed E-state index contributed by atoms with van der Waals surface area (Å²) in [5, 5.41) is 11.6. The summed E-state index contributed by atoms with van der Waals surface area (Å²) in [5.41, 5.74) is -0.672. The molecule has 1 aliphatic heterocycles. The lowest BCUT2D eigenvalue weighted by atomic mass is 10.0. The van der Waals surface area contributed by atoms with Crippen molar-refractivity contribution in [1.82, 2.24) is 5.32 Å². The van der Waals surface area contributed by atoms with Crippen LogP contribution in [0.4, 0.5) is 0 Å². The van der Waals surface area contributed by atoms with Crippen molar-refractivity contribution in [3.63, 3.8) is 0 Å². The third kappa shape index (κ3) is 2.67. The molecule has 1 fully saturated rings. The molecule has 4 nitrogen and oxygen atoms in total. The largest absolute Gasteiger partial charge is 0.392 e. The fourth-order valence-corrected chi connectivity index (χ4v) is 1.39. The molecule has 1 aliphatic rings. The van der Waals surface area contributed by atoms with E-state index in [1.54, 1.807) is 13.8 Å². The second kappa shape index (κ2) is 4.07. The van der Waals surface area contributed by atoms with E-state index in [2.05, 4.69) is 5.32 Å². The van der Waals surface area contributed by atoms with Crippen molar-refractivity contribution in [2.24, 2.45) is 0 Å². The molecule has 1 saturated heterocycles. The minimum Gasteiger partial charge on any atom is -0.392 e. The number of aliphatic hydroxyl groups excluding tert-OH is 1. The Balaban J connectivity index is 2.38. The maximum atomic E-state index is 11.5. The second-order valence-corrected chi connectivity index (χ2v) is 3.74. The van der Waals surface area contributed by atoms with Crippen LogP contribution in [0.15, 0.2) is 0 Å². The first-order valence-electron chi connectivity index (χ1n) is 4.65. The molecule has 1 heterocycles. The molecule has 0 aromatic heterocycles. The number of aliphatic hydroxyl groups is 1. The highest BCUT2D eigenvalue weighted by atomic mass is 16.5. The quantitative estimate of drug-likeness (QED) is 0.656. The summed E-state index contributed by atoms with van der Waals surface area (Å²) < 4.78 is 5.34. The average molecular weight is 187 g/mol. The van der Waals surface area contributed by atoms with Crippen LogP contribution in [0.25, 0.3) is 0 Å². The Hall–Kier alpha value is -0.610. The lowest BCUT2D eigenvalue weighted by molar-refractivity contribution is -0.139. The summed E-state index contributed by atoms with van der Waals surface area (Å²) in [7, 11) is 0. The van der Waals surface area contributed by atoms with E-state index in [0.717, 1.165) is 12.8 Å². The standard InChI is InChI=1S/C9H17NO3/c1-7(11)6-10-8(12)9(2)4-3-5-13-9/h7,11H,3-6H2,1-2H3,(H,10,12)/t7-,9?/m0/s1. The second-order valence-electron chi connectivity index (χ2n) is 3.74. The maximum absolute atomic E-state index is 11.5. The number of amides is 1. The Morgan fingerprint density at radius 2 is 2.46 bits per heavy atom. The van der Waals surface area contributed by atoms with Crippen LogP contribution in [0.1, 0.15) is 26.7 Å². The lowest BCUT2D eigenvalue weighted by Crippen LogP contribution is -2.45. The van der Waals surface area contributed by atoms with Crippen molar-refractivity contribution in [2.45, 2.75) is 38.4 Å². The fraction of sp³-hybridized carbons (Fsp3) is 0.889. The van der Waals surface area contributed by atoms with Crippen molar-refractivity contribution in [3.05, 3.63) is 0 Å². The fourth-order valence-electron chi connectivity index (χ4n) is 1.39. The first-order valence-corrected chi connectivity index (χ1v) is 4.65. The predicted octanol–water partition coefficient (Wildman–Crippen LogP) is 0.0525. The van der Waals surface area contributed by atoms with E-state index < -0.39 is 11.7 Å². The number of ether oxygens (including phenoxy) is 1. The minimum absolute atomic E-state index is 0.120. The number of carbonyl (C=O) groups excluding carboxylic acids is 1. The summed E-state index contributed by atoms with van der Waals surface area (Å²) in [5.74, 6) is -0.120. The summed E-state index contributed by atoms with van der Waals surface area (Å²) in [6, 6.07) is 0. The molecular weight excluding hydrogens is 170 g/mol. The van der Waals surface area contributed by atoms with Gasteiger partial charge in [0.15, 0.2) is 0 Å². The highest BCUT2D eigenvalue weighted by Crippen LogP contribution is 2.24. The van der Waals surface area contributed by atoms with Crippen LogP contribution in [-0.2, 0) is 9.53 Å². The molecule has 0 aliphatic carbocycles. The van der Waals surface area contributed by atoms with Gasteiger partial charge in [-0.3, -0.25) is 4.79 Å². The van der Waals surface area contributed by atoms with E-state index in [1.165, 1.54) is 0 Å². The van der Waals surface area contributed by atoms with E-state index in [-0.39, 0.29) is 12.5 Å². The van der Waals surface area contributed by atoms with E-state index >= 15 is 0 Å². The summed E-state index contributed by atoms with van der Waals surface area (Å²) in [4.78, 5) is 11.5. The molecule has 0 aromatic carbocycles. The smallest absolute Gasteiger partial charge is 0.252 e. The molecule has 1 unspecified atom stereocenters. The highest BCUT2D eigenvalue weighted by molar-refractivity contribution is 5.84. The van der Waals surface area contributed by atoms with Crippen LogP contribution >= 0.6 is 0 Å². The van der Waals surface area contributed by atoms with Gasteiger partial charge in [-0.05, 0) is 26.7 Å². The zero-order valence-electron chi connectivity index (χ0n) is 8.17. The van der Waals surface area contributed by atoms with Gasteiger partial charge in [-0.2, -0.15) is 0 Å². The number of hydrogen-bond donors (Lipinski definition) is 2. The lowest BCUT2D eigenvalue weighted by Gasteiger charge is -2.22. The molecular formula is C9H17NO3. The maximum Gasteiger partial charge on any atom is 0.252 e. The van der Waals surface area contributed by atoms with Gasteiger partial charge in [-0.25, -0.2) is 0 Å². The minimum atomic E-state index is -0.672. The Bertz CT molecular complexity index is 185. The Labute approximate surface area is 78.3 Å². The van der Waals surface area contributed by atoms with Crippen LogP contribution in [-0.4, -0.2) is 35.9 Å². The number of hydrogen-bond acceptors (Lipinski definition) is 3. The van der Waals surface area contributed by atoms with Gasteiger partial charge in [0.2, 0.25) is 0 Å². The number of carbonyl (C=O) groups is 1. The van der Waals surface area contributed by atoms with Gasteiger partial charge in [-0.15, -0.1) is 0 Å². The van der Waals surface area contributed by atoms with Crippen molar-refractivity contribution >= 4 is 5.91 Å². The van der Waals surface area contributed by atoms with Gasteiger partial charge in [-0.1, -0.05) is 0 Å². The van der Waals surface area contributed by atoms with Gasteiger partial charge < -0.3 is 15.2 Å². The van der Waals surface area contributed by atoms with Gasteiger partial charge in [0.25, 0.3) is 5.91 Å². The first-order chi connectivity index (χ1) is 6.04. The van der Waals surface area contributed by atoms with E-state index in [0.29, 0.717) is 6.61 Å². The molecule has 76 valence electrons. The van der Waals surface area contributed by atoms with Crippen LogP contribution in [0.5, 0.6) is 0 Å². The number of rotatable bonds is 3. The van der Waals surface area contributed by atoms with Gasteiger partial charge >= 0.3 is 0 Å². The topological polar surface area (TPSA) is 58.6 Å². The molecule has 2 N–H and O–H groups in total. The SMILES string of the molecule is C[C@H](O)CNC(=O)C1(C)CCCO1. The summed E-state index contributed by atoms with van der Waals surface area (Å²) in [6.45, 7) is 4.37. The Morgan fingerprint density at radius 1 is 1.77 bits per heavy atom. The third-order valence-electron chi connectivity index (χ3n) is 2.26. The molecule has 0 aromatic rings. The van der Waals surface area contributed by atoms with E-state index in [1.807, 2.05) is 0 Å². The molecule has 0 saturated carbocycles. The van der Waals surface area contributed by atoms with Crippen LogP contribution in [0.2, 0.25) is 0 Å². The van der Waals surface area contributed by atoms with Crippen molar-refractivity contribution < 1.29 is 14.6 Å². The molecule has 0 radical (unpaired) electrons. The number of nitrogens with one attached hydrogen (secondary N) is 1. The van der Waals surface area contributed by atoms with Gasteiger partial charge in [0.05, 0.1) is 6.10 Å². The summed E-state index contributed by atoms with van der Waals surface area (Å²) in [6.07, 6.45) is 1.19. The predicted molar refractivity (Wildman–Crippen MR) is 48.3 cm³/mol. The van der Waals surface area contributed by atoms with Crippen LogP contribution in [0.3, 0.4) is 0 Å². The summed E-state index contributed by atoms with van der Waals surface area (Å²) >= 11 is 0. The zero-order valence-corrected chi connectivity index (χ0v) is 8.17. The molecule has 0 spiro atoms. The van der Waals surface area contributed by atoms with E-state index in [4.69, 9.17) is 9.84 Å². The zero-order chi connectivity index (χ0) is 9.90. The van der Waals surface area contributed by atoms with Crippen LogP contribution in [0, 0.1) is 0 Å². The molecule has 4 heteroatoms. The third-order valence-corrected chi connectivity index (χ3v) is 2.26. The van der Waals surface area contributed by atoms with Crippen molar-refractivity contribution in [3.8, 4) is 0 Å². The monoisotopic (exact) mass is 187 g/mol. The van der Waals surface area contributed by atoms with E-state index in [9.17, 15) is 4.79 Å². The molecule has 13 heavy (non-hydrogen) atoms. The average Bonchev–Trinajstić information content (AvgIpc) is 2.49.